The minimum atomic E-state index is -1.91. The number of para-hydroxylation sites is 1. The number of amides is 14. The van der Waals surface area contributed by atoms with Gasteiger partial charge in [-0.05, 0) is 91.8 Å². The number of aromatic amines is 2. The highest BCUT2D eigenvalue weighted by atomic mass is 16.5. The van der Waals surface area contributed by atoms with Crippen LogP contribution in [0.2, 0.25) is 0 Å². The van der Waals surface area contributed by atoms with E-state index < -0.39 is 207 Å². The van der Waals surface area contributed by atoms with Gasteiger partial charge < -0.3 is 125 Å². The maximum atomic E-state index is 15.4. The smallest absolute Gasteiger partial charge is 0.246 e. The minimum Gasteiger partial charge on any atom is -0.394 e. The first-order valence-corrected chi connectivity index (χ1v) is 50.1. The van der Waals surface area contributed by atoms with Crippen molar-refractivity contribution in [1.29, 1.82) is 5.41 Å². The number of aliphatic hydroxyl groups is 3. The van der Waals surface area contributed by atoms with E-state index in [0.29, 0.717) is 56.4 Å². The number of aliphatic hydroxyl groups excluding tert-OH is 3. The summed E-state index contributed by atoms with van der Waals surface area (Å²) < 4.78 is 21.9. The van der Waals surface area contributed by atoms with Crippen molar-refractivity contribution in [2.24, 2.45) is 22.2 Å². The number of aryl methyl sites for hydroxylation is 1. The summed E-state index contributed by atoms with van der Waals surface area (Å²) in [5, 5.41) is 86.0. The van der Waals surface area contributed by atoms with Gasteiger partial charge in [-0.2, -0.15) is 0 Å². The number of hydrogen-bond donors (Lipinski definition) is 21. The Morgan fingerprint density at radius 3 is 1.83 bits per heavy atom. The van der Waals surface area contributed by atoms with Crippen molar-refractivity contribution in [1.82, 2.24) is 94.3 Å². The molecule has 0 unspecified atom stereocenters. The number of carbonyl (C=O) groups is 16. The number of guanidine groups is 1. The first-order chi connectivity index (χ1) is 69.0. The third kappa shape index (κ3) is 45.7. The Morgan fingerprint density at radius 1 is 0.559 bits per heavy atom. The zero-order valence-corrected chi connectivity index (χ0v) is 82.0. The number of benzene rings is 2. The van der Waals surface area contributed by atoms with Gasteiger partial charge in [0.05, 0.1) is 52.4 Å². The molecule has 0 spiro atoms. The first kappa shape index (κ1) is 117. The van der Waals surface area contributed by atoms with Crippen molar-refractivity contribution in [2.45, 2.75) is 311 Å². The fourth-order valence-corrected chi connectivity index (χ4v) is 16.6. The number of fused-ring (bicyclic) bond motifs is 2. The molecule has 0 aliphatic carbocycles. The van der Waals surface area contributed by atoms with Crippen molar-refractivity contribution < 1.29 is 111 Å². The number of allylic oxidation sites excluding steroid dienone is 1. The number of nitrogens with one attached hydrogen (secondary N) is 15. The number of ketones is 2. The Hall–Kier alpha value is -12.6. The predicted molar refractivity (Wildman–Crippen MR) is 524 cm³/mol. The van der Waals surface area contributed by atoms with Gasteiger partial charge in [-0.1, -0.05) is 158 Å². The second kappa shape index (κ2) is 67.0. The number of primary amides is 2. The fraction of sp³-hybridized carbons (Fsp3) is 0.639. The van der Waals surface area contributed by atoms with Gasteiger partial charge in [0.2, 0.25) is 82.7 Å². The lowest BCUT2D eigenvalue weighted by Gasteiger charge is -2.31. The van der Waals surface area contributed by atoms with Gasteiger partial charge in [0.25, 0.3) is 0 Å². The highest BCUT2D eigenvalue weighted by molar-refractivity contribution is 6.01. The molecule has 46 nitrogen and oxygen atoms in total. The van der Waals surface area contributed by atoms with Gasteiger partial charge in [0, 0.05) is 126 Å². The van der Waals surface area contributed by atoms with Crippen molar-refractivity contribution in [3.63, 3.8) is 0 Å². The van der Waals surface area contributed by atoms with Crippen LogP contribution in [0.4, 0.5) is 0 Å². The van der Waals surface area contributed by atoms with Gasteiger partial charge in [0.1, 0.15) is 91.3 Å². The Balaban J connectivity index is 0.902. The Kier molecular flexibility index (Phi) is 55.0. The van der Waals surface area contributed by atoms with Crippen molar-refractivity contribution in [3.8, 4) is 0 Å². The molecule has 0 bridgehead atoms. The van der Waals surface area contributed by atoms with Crippen LogP contribution in [0.1, 0.15) is 236 Å². The Morgan fingerprint density at radius 2 is 1.16 bits per heavy atom. The number of hydrogen-bond acceptors (Lipinski definition) is 28. The van der Waals surface area contributed by atoms with Crippen LogP contribution < -0.4 is 81.0 Å². The van der Waals surface area contributed by atoms with Crippen LogP contribution in [0.15, 0.2) is 77.6 Å². The molecule has 24 N–H and O–H groups in total. The molecular formula is C97H149N23O23. The molecule has 5 heterocycles. The molecule has 790 valence electrons. The third-order valence-electron chi connectivity index (χ3n) is 24.5. The number of rotatable bonds is 63. The number of H-pyrrole nitrogens is 2. The van der Waals surface area contributed by atoms with E-state index in [1.807, 2.05) is 18.2 Å². The van der Waals surface area contributed by atoms with Gasteiger partial charge in [-0.3, -0.25) is 87.1 Å². The summed E-state index contributed by atoms with van der Waals surface area (Å²) >= 11 is 0. The number of Topliss-reactive ketones (excluding diaryl/α,β-unsaturated/α-hetero) is 2. The first-order valence-electron chi connectivity index (χ1n) is 50.1. The topological polar surface area (TPSA) is 703 Å². The van der Waals surface area contributed by atoms with Crippen LogP contribution in [0.3, 0.4) is 0 Å². The molecule has 2 aromatic heterocycles. The van der Waals surface area contributed by atoms with E-state index in [0.717, 1.165) is 53.7 Å². The molecule has 12 atom stereocenters. The zero-order chi connectivity index (χ0) is 103. The molecule has 0 saturated carbocycles. The van der Waals surface area contributed by atoms with Gasteiger partial charge >= 0.3 is 0 Å². The summed E-state index contributed by atoms with van der Waals surface area (Å²) in [4.78, 5) is 233. The number of aliphatic imine (C=N–C) groups is 1. The van der Waals surface area contributed by atoms with Crippen molar-refractivity contribution in [2.75, 3.05) is 85.7 Å². The Bertz CT molecular complexity index is 4750. The maximum Gasteiger partial charge on any atom is 0.246 e. The van der Waals surface area contributed by atoms with E-state index in [-0.39, 0.29) is 153 Å². The normalized spacial score (nSPS) is 18.9. The highest BCUT2D eigenvalue weighted by Gasteiger charge is 2.44. The van der Waals surface area contributed by atoms with Gasteiger partial charge in [-0.15, -0.1) is 5.10 Å². The average molecular weight is 2010 g/mol. The molecule has 2 aromatic carbocycles. The number of unbranched alkanes of at least 4 members (excludes halogenated alkanes) is 13. The predicted octanol–water partition coefficient (Wildman–Crippen LogP) is -0.237. The fourth-order valence-electron chi connectivity index (χ4n) is 16.6. The number of tetrazole rings is 1. The number of nitrogens with zero attached hydrogens (tertiary/aromatic N) is 5. The lowest BCUT2D eigenvalue weighted by atomic mass is 10.00. The second-order valence-corrected chi connectivity index (χ2v) is 36.1. The SMILES string of the molecule is CCCC[C@H](NC(=O)[C@H](CC1=CCC=N1)NC(=O)[C@H](CO)NC(=O)[C@@H](CCC(N)=O)NC(=O)[C@H](CO)NC(=O)COCCOCCCC(=O)COCCOCCNC(=O)CCCCCCCCCCCCCCCc1nnn[nH]1)C(=O)N[C@H]1CCC(=O)CCCCC[C@@H](C(N)=O)NC(=O)[C@H](Cc2c[nH]c3ccccc23)NC(=O)[C@H](CCCNC(=N)N)NC(=O)[C@@H](Cc2ccccc2)NC(=O)[C@@H]2C[C@@H](O)CN2C1=O. The van der Waals surface area contributed by atoms with E-state index in [4.69, 9.17) is 41.6 Å². The number of ether oxygens (including phenoxy) is 4. The van der Waals surface area contributed by atoms with Crippen LogP contribution >= 0.6 is 0 Å². The summed E-state index contributed by atoms with van der Waals surface area (Å²) in [7, 11) is 0. The van der Waals surface area contributed by atoms with E-state index in [2.05, 4.69) is 94.4 Å². The summed E-state index contributed by atoms with van der Waals surface area (Å²) in [6, 6.07) is -1.77. The van der Waals surface area contributed by atoms with Crippen LogP contribution in [-0.2, 0) is 115 Å². The van der Waals surface area contributed by atoms with Gasteiger partial charge in [-0.25, -0.2) is 5.10 Å². The quantitative estimate of drug-likeness (QED) is 0.0154. The molecule has 0 radical (unpaired) electrons. The van der Waals surface area contributed by atoms with Crippen LogP contribution in [0.25, 0.3) is 10.9 Å². The van der Waals surface area contributed by atoms with Gasteiger partial charge in [0.15, 0.2) is 11.7 Å². The molecule has 3 aliphatic rings. The molecule has 2 fully saturated rings. The lowest BCUT2D eigenvalue weighted by Crippen LogP contribution is -2.61. The molecule has 7 rings (SSSR count). The standard InChI is InChI=1S/C97H149N23O23/c1-2-3-34-72(87(130)111-75-41-40-66(123)31-19-16-20-36-71(86(99)129)107-91(134)77(54-64-57-105-70-35-24-23-33-69(64)70)112-88(131)73(37-26-45-104-97(100)101)109-90(133)76(53-63-28-17-15-18-29-63)114-95(138)81-56-68(125)58-120(81)96(75)139)108-92(135)78(55-65-30-25-44-102-65)113-94(137)80(60-122)115-89(132)74(42-43-82(98)126)110-93(136)79(59-121)106-85(128)62-143-52-49-140-47-27-32-67(124)61-142-51-50-141-48-46-103-84(127)39-22-14-12-10-8-6-4-5-7-9-11-13-21-38-83-116-118-119-117-83/h15,17-18,23-24,28-30,33,35,44,57,68,71-81,105,121-122,125H,2-14,16,19-22,25-27,31-32,34,36-43,45-56,58-62H2,1H3,(H2,98,126)(H2,99,129)(H,103,127)(H,106,128)(H,107,134)(H,108,135)(H,109,133)(H,110,136)(H,111,130)(H,112,131)(H,113,137)(H,114,138)(H,115,132)(H4,100,101,104)(H,116,117,118,119)/t68-,71+,72+,73+,74-,75+,76-,77+,78+,79+,80+,81+/m1/s1. The molecule has 143 heavy (non-hydrogen) atoms. The zero-order valence-electron chi connectivity index (χ0n) is 82.0. The van der Waals surface area contributed by atoms with E-state index in [1.54, 1.807) is 55.6 Å². The average Bonchev–Trinajstić information content (AvgIpc) is 1.67. The molecule has 2 saturated heterocycles. The number of nitrogens with two attached hydrogens (primary N) is 3. The largest absolute Gasteiger partial charge is 0.394 e. The summed E-state index contributed by atoms with van der Waals surface area (Å²) in [6.07, 6.45) is 19.3. The maximum absolute atomic E-state index is 15.4. The molecule has 46 heteroatoms. The molecular weight excluding hydrogens is 1860 g/mol. The second-order valence-electron chi connectivity index (χ2n) is 36.1. The Labute approximate surface area is 832 Å². The summed E-state index contributed by atoms with van der Waals surface area (Å²) in [5.74, 6) is -12.8. The number of aromatic nitrogens is 5. The van der Waals surface area contributed by atoms with Crippen LogP contribution in [-0.4, -0.2) is 311 Å². The van der Waals surface area contributed by atoms with E-state index in [9.17, 15) is 72.9 Å². The highest BCUT2D eigenvalue weighted by Crippen LogP contribution is 2.25. The van der Waals surface area contributed by atoms with Crippen LogP contribution in [0.5, 0.6) is 0 Å². The van der Waals surface area contributed by atoms with Crippen LogP contribution in [0, 0.1) is 5.41 Å². The van der Waals surface area contributed by atoms with E-state index in [1.165, 1.54) is 64.0 Å². The number of carbonyl (C=O) groups excluding carboxylic acids is 16. The summed E-state index contributed by atoms with van der Waals surface area (Å²) in [5.41, 5.74) is 19.1. The van der Waals surface area contributed by atoms with Crippen molar-refractivity contribution in [3.05, 3.63) is 89.5 Å². The minimum absolute atomic E-state index is 0.000538. The lowest BCUT2D eigenvalue weighted by molar-refractivity contribution is -0.143. The molecule has 4 aromatic rings. The van der Waals surface area contributed by atoms with E-state index >= 15 is 19.2 Å². The monoisotopic (exact) mass is 2000 g/mol. The third-order valence-corrected chi connectivity index (χ3v) is 24.5. The molecule has 3 aliphatic heterocycles. The summed E-state index contributed by atoms with van der Waals surface area (Å²) in [6.45, 7) is -0.395. The molecule has 14 amide bonds. The van der Waals surface area contributed by atoms with Crippen molar-refractivity contribution >= 4 is 117 Å².